The molecule has 29 heavy (non-hydrogen) atoms. The number of halogens is 1. The zero-order valence-electron chi connectivity index (χ0n) is 16.0. The van der Waals surface area contributed by atoms with E-state index >= 15 is 0 Å². The number of carboxylic acid groups (broad SMARTS) is 1. The number of hydrogen-bond acceptors (Lipinski definition) is 6. The summed E-state index contributed by atoms with van der Waals surface area (Å²) in [7, 11) is -3.06. The minimum absolute atomic E-state index is 0.0891. The normalized spacial score (nSPS) is 20.5. The van der Waals surface area contributed by atoms with Crippen LogP contribution in [0.2, 0.25) is 5.02 Å². The van der Waals surface area contributed by atoms with Gasteiger partial charge in [-0.25, -0.2) is 13.2 Å². The highest BCUT2D eigenvalue weighted by Crippen LogP contribution is 2.44. The summed E-state index contributed by atoms with van der Waals surface area (Å²) in [4.78, 5) is 23.8. The van der Waals surface area contributed by atoms with Crippen molar-refractivity contribution >= 4 is 27.4 Å². The monoisotopic (exact) mass is 441 g/mol. The number of rotatable bonds is 3. The van der Waals surface area contributed by atoms with Gasteiger partial charge in [0.1, 0.15) is 22.4 Å². The van der Waals surface area contributed by atoms with E-state index in [1.54, 1.807) is 9.25 Å². The van der Waals surface area contributed by atoms with E-state index in [4.69, 9.17) is 16.3 Å². The van der Waals surface area contributed by atoms with Crippen LogP contribution in [0.4, 0.5) is 0 Å². The van der Waals surface area contributed by atoms with Crippen molar-refractivity contribution in [2.45, 2.75) is 39.5 Å². The molecule has 0 bridgehead atoms. The molecular weight excluding hydrogens is 422 g/mol. The van der Waals surface area contributed by atoms with Gasteiger partial charge in [0, 0.05) is 12.3 Å². The highest BCUT2D eigenvalue weighted by molar-refractivity contribution is 7.92. The van der Waals surface area contributed by atoms with E-state index < -0.39 is 27.3 Å². The van der Waals surface area contributed by atoms with E-state index in [1.807, 2.05) is 20.8 Å². The van der Waals surface area contributed by atoms with Crippen molar-refractivity contribution in [3.63, 3.8) is 0 Å². The van der Waals surface area contributed by atoms with Crippen molar-refractivity contribution < 1.29 is 23.1 Å². The van der Waals surface area contributed by atoms with Crippen molar-refractivity contribution in [2.24, 2.45) is 5.41 Å². The molecule has 9 nitrogen and oxygen atoms in total. The minimum Gasteiger partial charge on any atom is -0.477 e. The Morgan fingerprint density at radius 1 is 1.34 bits per heavy atom. The Kier molecular flexibility index (Phi) is 4.36. The van der Waals surface area contributed by atoms with E-state index in [1.165, 1.54) is 12.3 Å². The average molecular weight is 442 g/mol. The zero-order chi connectivity index (χ0) is 21.3. The smallest absolute Gasteiger partial charge is 0.341 e. The number of aromatic nitrogens is 3. The van der Waals surface area contributed by atoms with Gasteiger partial charge < -0.3 is 14.4 Å². The molecule has 0 amide bonds. The first-order chi connectivity index (χ1) is 13.4. The summed E-state index contributed by atoms with van der Waals surface area (Å²) in [5.74, 6) is -1.36. The molecule has 0 spiro atoms. The van der Waals surface area contributed by atoms with Crippen LogP contribution in [0.15, 0.2) is 17.1 Å². The first kappa shape index (κ1) is 20.0. The number of fused-ring (bicyclic) bond motifs is 3. The fraction of sp³-hybridized carbons (Fsp3) is 0.500. The van der Waals surface area contributed by atoms with Crippen LogP contribution in [0.3, 0.4) is 0 Å². The topological polar surface area (TPSA) is 120 Å². The summed E-state index contributed by atoms with van der Waals surface area (Å²) in [6.07, 6.45) is 0.839. The number of nitrogens with zero attached hydrogens (tertiary/aromatic N) is 3. The third kappa shape index (κ3) is 3.33. The number of aromatic carboxylic acids is 1. The van der Waals surface area contributed by atoms with Gasteiger partial charge in [-0.05, 0) is 5.41 Å². The van der Waals surface area contributed by atoms with Crippen molar-refractivity contribution in [3.8, 4) is 17.3 Å². The van der Waals surface area contributed by atoms with Gasteiger partial charge in [-0.2, -0.15) is 0 Å². The van der Waals surface area contributed by atoms with Crippen LogP contribution < -0.4 is 10.2 Å². The Hall–Kier alpha value is -2.33. The number of ether oxygens (including phenoxy) is 1. The second kappa shape index (κ2) is 6.33. The molecule has 11 heteroatoms. The van der Waals surface area contributed by atoms with E-state index in [2.05, 4.69) is 5.10 Å². The molecule has 1 N–H and O–H groups in total. The third-order valence-corrected chi connectivity index (χ3v) is 7.36. The molecule has 0 unspecified atom stereocenters. The number of hydrogen-bond donors (Lipinski definition) is 1. The van der Waals surface area contributed by atoms with Gasteiger partial charge >= 0.3 is 5.97 Å². The van der Waals surface area contributed by atoms with E-state index in [9.17, 15) is 23.1 Å². The molecule has 1 fully saturated rings. The summed E-state index contributed by atoms with van der Waals surface area (Å²) in [6, 6.07) is 1.05. The maximum Gasteiger partial charge on any atom is 0.341 e. The Labute approximate surface area is 171 Å². The molecule has 2 aliphatic heterocycles. The van der Waals surface area contributed by atoms with Gasteiger partial charge in [0.05, 0.1) is 29.8 Å². The minimum atomic E-state index is -3.06. The lowest BCUT2D eigenvalue weighted by Crippen LogP contribution is -2.45. The van der Waals surface area contributed by atoms with Crippen LogP contribution in [0.25, 0.3) is 11.4 Å². The second-order valence-electron chi connectivity index (χ2n) is 8.50. The number of carbonyl (C=O) groups is 1. The molecule has 0 aromatic carbocycles. The quantitative estimate of drug-likeness (QED) is 0.771. The first-order valence-corrected chi connectivity index (χ1v) is 11.2. The fourth-order valence-electron chi connectivity index (χ4n) is 3.71. The molecular formula is C18H20ClN3O6S. The predicted octanol–water partition coefficient (Wildman–Crippen LogP) is 1.84. The fourth-order valence-corrected chi connectivity index (χ4v) is 5.16. The SMILES string of the molecule is CC(C)(C)[C@@H]1Cn2nc(OC3CS(=O)(=O)C3)c(Cl)c2-c2cc(=O)c(C(=O)O)cn21. The van der Waals surface area contributed by atoms with Crippen molar-refractivity contribution in [2.75, 3.05) is 11.5 Å². The van der Waals surface area contributed by atoms with Gasteiger partial charge in [0.15, 0.2) is 15.3 Å². The van der Waals surface area contributed by atoms with Crippen LogP contribution >= 0.6 is 11.6 Å². The zero-order valence-corrected chi connectivity index (χ0v) is 17.6. The molecule has 2 aliphatic rings. The lowest BCUT2D eigenvalue weighted by molar-refractivity contribution is 0.0693. The van der Waals surface area contributed by atoms with E-state index in [0.717, 1.165) is 0 Å². The molecule has 2 aromatic heterocycles. The van der Waals surface area contributed by atoms with Crippen LogP contribution in [0.1, 0.15) is 37.2 Å². The molecule has 0 aliphatic carbocycles. The maximum atomic E-state index is 12.4. The Morgan fingerprint density at radius 3 is 2.55 bits per heavy atom. The van der Waals surface area contributed by atoms with Gasteiger partial charge in [-0.15, -0.1) is 5.10 Å². The number of carboxylic acids is 1. The molecule has 4 heterocycles. The summed E-state index contributed by atoms with van der Waals surface area (Å²) in [5.41, 5.74) is -0.338. The maximum absolute atomic E-state index is 12.4. The van der Waals surface area contributed by atoms with Crippen LogP contribution in [-0.2, 0) is 16.4 Å². The van der Waals surface area contributed by atoms with Gasteiger partial charge in [-0.3, -0.25) is 9.48 Å². The molecule has 0 saturated carbocycles. The van der Waals surface area contributed by atoms with Crippen LogP contribution in [-0.4, -0.2) is 51.5 Å². The Bertz CT molecular complexity index is 1180. The molecule has 156 valence electrons. The molecule has 0 radical (unpaired) electrons. The van der Waals surface area contributed by atoms with Crippen molar-refractivity contribution in [3.05, 3.63) is 33.1 Å². The van der Waals surface area contributed by atoms with Gasteiger partial charge in [0.2, 0.25) is 0 Å². The Balaban J connectivity index is 1.84. The standard InChI is InChI=1S/C18H20ClN3O6S/c1-18(2,3)13-6-22-15(11-4-12(23)10(17(24)25)5-21(11)13)14(19)16(20-22)28-9-7-29(26,27)8-9/h4-5,9,13H,6-8H2,1-3H3,(H,24,25)/t13-/m0/s1. The van der Waals surface area contributed by atoms with Crippen LogP contribution in [0, 0.1) is 5.41 Å². The summed E-state index contributed by atoms with van der Waals surface area (Å²) in [5, 5.41) is 13.9. The predicted molar refractivity (Wildman–Crippen MR) is 105 cm³/mol. The van der Waals surface area contributed by atoms with E-state index in [0.29, 0.717) is 17.9 Å². The summed E-state index contributed by atoms with van der Waals surface area (Å²) >= 11 is 6.49. The molecule has 1 atom stereocenters. The largest absolute Gasteiger partial charge is 0.477 e. The lowest BCUT2D eigenvalue weighted by atomic mass is 9.85. The van der Waals surface area contributed by atoms with Crippen molar-refractivity contribution in [1.82, 2.24) is 14.3 Å². The molecule has 1 saturated heterocycles. The molecule has 2 aromatic rings. The Morgan fingerprint density at radius 2 is 2.00 bits per heavy atom. The van der Waals surface area contributed by atoms with Crippen LogP contribution in [0.5, 0.6) is 5.88 Å². The van der Waals surface area contributed by atoms with Gasteiger partial charge in [0.25, 0.3) is 5.88 Å². The first-order valence-electron chi connectivity index (χ1n) is 9.00. The highest BCUT2D eigenvalue weighted by atomic mass is 35.5. The lowest BCUT2D eigenvalue weighted by Gasteiger charge is -2.38. The second-order valence-corrected chi connectivity index (χ2v) is 11.0. The highest BCUT2D eigenvalue weighted by Gasteiger charge is 2.39. The average Bonchev–Trinajstić information content (AvgIpc) is 2.87. The molecule has 4 rings (SSSR count). The van der Waals surface area contributed by atoms with E-state index in [-0.39, 0.29) is 39.4 Å². The third-order valence-electron chi connectivity index (χ3n) is 5.26. The summed E-state index contributed by atoms with van der Waals surface area (Å²) < 4.78 is 31.8. The van der Waals surface area contributed by atoms with Crippen molar-refractivity contribution in [1.29, 1.82) is 0 Å². The number of sulfone groups is 1. The van der Waals surface area contributed by atoms with Gasteiger partial charge in [-0.1, -0.05) is 32.4 Å². The number of pyridine rings is 1. The summed E-state index contributed by atoms with van der Waals surface area (Å²) in [6.45, 7) is 6.41.